The van der Waals surface area contributed by atoms with E-state index in [2.05, 4.69) is 5.32 Å². The Bertz CT molecular complexity index is 442. The van der Waals surface area contributed by atoms with E-state index in [1.54, 1.807) is 0 Å². The molecule has 2 heterocycles. The lowest BCUT2D eigenvalue weighted by atomic mass is 9.77. The van der Waals surface area contributed by atoms with Gasteiger partial charge in [-0.3, -0.25) is 0 Å². The molecule has 2 atom stereocenters. The number of aliphatic hydroxyl groups is 1. The molecule has 18 heavy (non-hydrogen) atoms. The van der Waals surface area contributed by atoms with E-state index in [1.807, 2.05) is 25.2 Å². The highest BCUT2D eigenvalue weighted by Gasteiger charge is 2.42. The molecule has 96 valence electrons. The summed E-state index contributed by atoms with van der Waals surface area (Å²) in [6, 6.07) is 5.91. The molecule has 0 radical (unpaired) electrons. The van der Waals surface area contributed by atoms with Crippen LogP contribution in [0.2, 0.25) is 0 Å². The molecule has 0 aromatic heterocycles. The minimum atomic E-state index is -0.436. The molecule has 3 rings (SSSR count). The van der Waals surface area contributed by atoms with Crippen LogP contribution in [0.5, 0.6) is 5.75 Å². The number of rotatable bonds is 3. The summed E-state index contributed by atoms with van der Waals surface area (Å²) in [6.45, 7) is 1.00. The molecule has 2 aliphatic rings. The molecule has 2 N–H and O–H groups in total. The Labute approximate surface area is 106 Å². The van der Waals surface area contributed by atoms with E-state index in [4.69, 9.17) is 14.0 Å². The van der Waals surface area contributed by atoms with Gasteiger partial charge in [-0.1, -0.05) is 12.1 Å². The number of hydrogen-bond donors (Lipinski definition) is 2. The average molecular weight is 249 g/mol. The summed E-state index contributed by atoms with van der Waals surface area (Å²) >= 11 is 0. The fourth-order valence-corrected chi connectivity index (χ4v) is 2.45. The first-order chi connectivity index (χ1) is 8.83. The summed E-state index contributed by atoms with van der Waals surface area (Å²) in [5.74, 6) is 0.798. The normalized spacial score (nSPS) is 25.6. The zero-order valence-electron chi connectivity index (χ0n) is 10.3. The van der Waals surface area contributed by atoms with E-state index in [0.717, 1.165) is 23.3 Å². The first-order valence-corrected chi connectivity index (χ1v) is 6.15. The number of nitrogens with one attached hydrogen (secondary N) is 1. The van der Waals surface area contributed by atoms with E-state index in [1.165, 1.54) is 0 Å². The third kappa shape index (κ3) is 1.91. The summed E-state index contributed by atoms with van der Waals surface area (Å²) in [5.41, 5.74) is 2.07. The SMILES string of the molecule is CNCC1OB2OC(CO)COc3cccc1c32. The van der Waals surface area contributed by atoms with Crippen LogP contribution in [0.15, 0.2) is 18.2 Å². The Morgan fingerprint density at radius 2 is 2.33 bits per heavy atom. The zero-order chi connectivity index (χ0) is 12.5. The van der Waals surface area contributed by atoms with Crippen LogP contribution >= 0.6 is 0 Å². The molecule has 0 spiro atoms. The van der Waals surface area contributed by atoms with Crippen molar-refractivity contribution in [3.8, 4) is 5.75 Å². The topological polar surface area (TPSA) is 60.0 Å². The van der Waals surface area contributed by atoms with Gasteiger partial charge in [0.1, 0.15) is 18.5 Å². The maximum absolute atomic E-state index is 9.22. The summed E-state index contributed by atoms with van der Waals surface area (Å²) < 4.78 is 17.3. The number of hydrogen-bond acceptors (Lipinski definition) is 5. The van der Waals surface area contributed by atoms with Crippen molar-refractivity contribution >= 4 is 12.6 Å². The van der Waals surface area contributed by atoms with Crippen molar-refractivity contribution in [1.82, 2.24) is 5.32 Å². The first-order valence-electron chi connectivity index (χ1n) is 6.15. The molecule has 1 aromatic carbocycles. The maximum Gasteiger partial charge on any atom is 0.498 e. The first kappa shape index (κ1) is 12.0. The van der Waals surface area contributed by atoms with Crippen molar-refractivity contribution in [3.05, 3.63) is 23.8 Å². The van der Waals surface area contributed by atoms with Gasteiger partial charge in [0.15, 0.2) is 0 Å². The van der Waals surface area contributed by atoms with Crippen LogP contribution in [0.25, 0.3) is 0 Å². The molecule has 0 aliphatic carbocycles. The van der Waals surface area contributed by atoms with Gasteiger partial charge < -0.3 is 24.5 Å². The van der Waals surface area contributed by atoms with Crippen LogP contribution < -0.4 is 15.5 Å². The molecular formula is C12H16BNO4. The fourth-order valence-electron chi connectivity index (χ4n) is 2.45. The van der Waals surface area contributed by atoms with Gasteiger partial charge in [0.05, 0.1) is 12.7 Å². The van der Waals surface area contributed by atoms with Crippen LogP contribution in [-0.4, -0.2) is 45.1 Å². The second-order valence-corrected chi connectivity index (χ2v) is 4.53. The molecule has 6 heteroatoms. The fraction of sp³-hybridized carbons (Fsp3) is 0.500. The number of aliphatic hydroxyl groups excluding tert-OH is 1. The largest absolute Gasteiger partial charge is 0.498 e. The van der Waals surface area contributed by atoms with E-state index >= 15 is 0 Å². The minimum absolute atomic E-state index is 0.0315. The van der Waals surface area contributed by atoms with E-state index in [0.29, 0.717) is 6.61 Å². The third-order valence-electron chi connectivity index (χ3n) is 3.30. The van der Waals surface area contributed by atoms with Crippen molar-refractivity contribution in [2.24, 2.45) is 0 Å². The third-order valence-corrected chi connectivity index (χ3v) is 3.30. The van der Waals surface area contributed by atoms with Gasteiger partial charge in [-0.2, -0.15) is 0 Å². The maximum atomic E-state index is 9.22. The van der Waals surface area contributed by atoms with Gasteiger partial charge in [-0.05, 0) is 18.7 Å². The Balaban J connectivity index is 1.97. The second kappa shape index (κ2) is 4.89. The quantitative estimate of drug-likeness (QED) is 0.703. The Hall–Kier alpha value is -1.08. The van der Waals surface area contributed by atoms with Gasteiger partial charge in [-0.15, -0.1) is 0 Å². The molecule has 0 bridgehead atoms. The highest BCUT2D eigenvalue weighted by Crippen LogP contribution is 2.30. The Kier molecular flexibility index (Phi) is 3.26. The Morgan fingerprint density at radius 3 is 3.11 bits per heavy atom. The van der Waals surface area contributed by atoms with Crippen molar-refractivity contribution in [3.63, 3.8) is 0 Å². The van der Waals surface area contributed by atoms with Crippen LogP contribution in [0.4, 0.5) is 0 Å². The number of likely N-dealkylation sites (N-methyl/N-ethyl adjacent to an activating group) is 1. The zero-order valence-corrected chi connectivity index (χ0v) is 10.3. The highest BCUT2D eigenvalue weighted by molar-refractivity contribution is 6.64. The predicted octanol–water partition coefficient (Wildman–Crippen LogP) is -0.558. The summed E-state index contributed by atoms with van der Waals surface area (Å²) in [7, 11) is 1.45. The average Bonchev–Trinajstić information content (AvgIpc) is 2.63. The lowest BCUT2D eigenvalue weighted by molar-refractivity contribution is 0.0490. The molecular weight excluding hydrogens is 233 g/mol. The minimum Gasteiger partial charge on any atom is -0.491 e. The molecule has 2 unspecified atom stereocenters. The molecule has 0 fully saturated rings. The summed E-state index contributed by atoms with van der Waals surface area (Å²) in [5, 5.41) is 12.3. The lowest BCUT2D eigenvalue weighted by Crippen LogP contribution is -2.36. The number of ether oxygens (including phenoxy) is 1. The molecule has 0 saturated heterocycles. The molecule has 0 amide bonds. The van der Waals surface area contributed by atoms with Crippen molar-refractivity contribution in [2.45, 2.75) is 12.2 Å². The van der Waals surface area contributed by atoms with Gasteiger partial charge >= 0.3 is 7.12 Å². The van der Waals surface area contributed by atoms with E-state index < -0.39 is 7.12 Å². The monoisotopic (exact) mass is 249 g/mol. The van der Waals surface area contributed by atoms with Crippen LogP contribution in [0.3, 0.4) is 0 Å². The highest BCUT2D eigenvalue weighted by atomic mass is 16.6. The van der Waals surface area contributed by atoms with E-state index in [-0.39, 0.29) is 18.8 Å². The van der Waals surface area contributed by atoms with Crippen molar-refractivity contribution in [2.75, 3.05) is 26.8 Å². The predicted molar refractivity (Wildman–Crippen MR) is 67.0 cm³/mol. The van der Waals surface area contributed by atoms with Crippen LogP contribution in [0.1, 0.15) is 11.7 Å². The van der Waals surface area contributed by atoms with E-state index in [9.17, 15) is 5.11 Å². The second-order valence-electron chi connectivity index (χ2n) is 4.53. The van der Waals surface area contributed by atoms with Crippen molar-refractivity contribution < 1.29 is 19.2 Å². The number of benzene rings is 1. The van der Waals surface area contributed by atoms with Gasteiger partial charge in [0, 0.05) is 12.0 Å². The molecule has 0 saturated carbocycles. The standard InChI is InChI=1S/C12H16BNO4/c1-14-5-11-9-3-2-4-10-12(9)13(18-11)17-8(6-15)7-16-10/h2-4,8,11,14-15H,5-7H2,1H3. The van der Waals surface area contributed by atoms with Gasteiger partial charge in [0.2, 0.25) is 0 Å². The summed E-state index contributed by atoms with van der Waals surface area (Å²) in [6.07, 6.45) is -0.375. The van der Waals surface area contributed by atoms with Gasteiger partial charge in [0.25, 0.3) is 0 Å². The smallest absolute Gasteiger partial charge is 0.491 e. The van der Waals surface area contributed by atoms with Gasteiger partial charge in [-0.25, -0.2) is 0 Å². The molecule has 5 nitrogen and oxygen atoms in total. The lowest BCUT2D eigenvalue weighted by Gasteiger charge is -2.17. The van der Waals surface area contributed by atoms with Crippen molar-refractivity contribution in [1.29, 1.82) is 0 Å². The van der Waals surface area contributed by atoms with Crippen LogP contribution in [0, 0.1) is 0 Å². The molecule has 2 aliphatic heterocycles. The van der Waals surface area contributed by atoms with Crippen LogP contribution in [-0.2, 0) is 9.31 Å². The molecule has 1 aromatic rings. The summed E-state index contributed by atoms with van der Waals surface area (Å²) in [4.78, 5) is 0. The Morgan fingerprint density at radius 1 is 1.44 bits per heavy atom.